The Labute approximate surface area is 128 Å². The third-order valence-corrected chi connectivity index (χ3v) is 4.22. The highest BCUT2D eigenvalue weighted by molar-refractivity contribution is 14.1. The fraction of sp³-hybridized carbons (Fsp3) is 0.533. The number of hydrogen-bond donors (Lipinski definition) is 2. The first-order valence-electron chi connectivity index (χ1n) is 6.85. The molecule has 19 heavy (non-hydrogen) atoms. The number of hydrogen-bond acceptors (Lipinski definition) is 2. The van der Waals surface area contributed by atoms with Crippen LogP contribution in [0.1, 0.15) is 49.9 Å². The Kier molecular flexibility index (Phi) is 7.20. The highest BCUT2D eigenvalue weighted by atomic mass is 127. The number of phenols is 1. The van der Waals surface area contributed by atoms with Gasteiger partial charge in [0.15, 0.2) is 0 Å². The Hall–Kier alpha value is -0.780. The van der Waals surface area contributed by atoms with Gasteiger partial charge in [0.05, 0.1) is 3.57 Å². The van der Waals surface area contributed by atoms with Gasteiger partial charge < -0.3 is 10.4 Å². The van der Waals surface area contributed by atoms with E-state index in [-0.39, 0.29) is 11.7 Å². The van der Waals surface area contributed by atoms with Crippen LogP contribution in [-0.2, 0) is 0 Å². The van der Waals surface area contributed by atoms with Crippen molar-refractivity contribution in [1.82, 2.24) is 5.32 Å². The van der Waals surface area contributed by atoms with Gasteiger partial charge in [-0.3, -0.25) is 4.79 Å². The van der Waals surface area contributed by atoms with Crippen LogP contribution in [0.5, 0.6) is 5.75 Å². The van der Waals surface area contributed by atoms with E-state index >= 15 is 0 Å². The second-order valence-corrected chi connectivity index (χ2v) is 5.95. The molecule has 0 heterocycles. The summed E-state index contributed by atoms with van der Waals surface area (Å²) in [6.07, 6.45) is 4.64. The summed E-state index contributed by atoms with van der Waals surface area (Å²) in [5, 5.41) is 12.6. The molecule has 0 aliphatic carbocycles. The molecule has 0 aromatic heterocycles. The molecule has 3 nitrogen and oxygen atoms in total. The summed E-state index contributed by atoms with van der Waals surface area (Å²) in [5.41, 5.74) is 0.517. The quantitative estimate of drug-likeness (QED) is 0.710. The Bertz CT molecular complexity index is 421. The van der Waals surface area contributed by atoms with Crippen molar-refractivity contribution < 1.29 is 9.90 Å². The SMILES string of the molecule is CCCCC(CC)CNC(=O)c1ccc(I)c(O)c1. The van der Waals surface area contributed by atoms with E-state index in [1.807, 2.05) is 22.6 Å². The summed E-state index contributed by atoms with van der Waals surface area (Å²) in [4.78, 5) is 12.0. The molecule has 4 heteroatoms. The van der Waals surface area contributed by atoms with Crippen molar-refractivity contribution in [3.8, 4) is 5.75 Å². The van der Waals surface area contributed by atoms with Crippen molar-refractivity contribution in [2.45, 2.75) is 39.5 Å². The van der Waals surface area contributed by atoms with Gasteiger partial charge in [-0.05, 0) is 53.1 Å². The van der Waals surface area contributed by atoms with E-state index in [0.29, 0.717) is 18.0 Å². The van der Waals surface area contributed by atoms with Crippen LogP contribution in [0.15, 0.2) is 18.2 Å². The molecule has 1 aromatic rings. The molecule has 1 unspecified atom stereocenters. The van der Waals surface area contributed by atoms with Gasteiger partial charge in [0, 0.05) is 12.1 Å². The van der Waals surface area contributed by atoms with Crippen LogP contribution in [0.3, 0.4) is 0 Å². The minimum atomic E-state index is -0.110. The maximum Gasteiger partial charge on any atom is 0.251 e. The van der Waals surface area contributed by atoms with Crippen LogP contribution in [-0.4, -0.2) is 17.6 Å². The van der Waals surface area contributed by atoms with Gasteiger partial charge in [-0.2, -0.15) is 0 Å². The summed E-state index contributed by atoms with van der Waals surface area (Å²) in [6, 6.07) is 5.01. The standard InChI is InChI=1S/C15H22INO2/c1-3-5-6-11(4-2)10-17-15(19)12-7-8-13(16)14(18)9-12/h7-9,11,18H,3-6,10H2,1-2H3,(H,17,19). The molecule has 1 aromatic carbocycles. The minimum Gasteiger partial charge on any atom is -0.507 e. The van der Waals surface area contributed by atoms with Gasteiger partial charge in [-0.15, -0.1) is 0 Å². The van der Waals surface area contributed by atoms with Crippen molar-refractivity contribution in [3.63, 3.8) is 0 Å². The number of benzene rings is 1. The Morgan fingerprint density at radius 3 is 2.74 bits per heavy atom. The molecule has 2 N–H and O–H groups in total. The summed E-state index contributed by atoms with van der Waals surface area (Å²) in [6.45, 7) is 5.05. The third kappa shape index (κ3) is 5.38. The lowest BCUT2D eigenvalue weighted by molar-refractivity contribution is 0.0945. The molecule has 0 spiro atoms. The van der Waals surface area contributed by atoms with E-state index in [9.17, 15) is 9.90 Å². The molecular weight excluding hydrogens is 353 g/mol. The van der Waals surface area contributed by atoms with Gasteiger partial charge in [0.2, 0.25) is 0 Å². The van der Waals surface area contributed by atoms with Crippen LogP contribution in [0.2, 0.25) is 0 Å². The molecule has 106 valence electrons. The number of carbonyl (C=O) groups is 1. The molecule has 0 aliphatic rings. The third-order valence-electron chi connectivity index (χ3n) is 3.30. The molecule has 0 saturated carbocycles. The Balaban J connectivity index is 2.52. The predicted octanol–water partition coefficient (Wildman–Crippen LogP) is 3.94. The molecule has 0 saturated heterocycles. The number of phenolic OH excluding ortho intramolecular Hbond substituents is 1. The first-order chi connectivity index (χ1) is 9.08. The summed E-state index contributed by atoms with van der Waals surface area (Å²) >= 11 is 2.04. The molecule has 0 radical (unpaired) electrons. The van der Waals surface area contributed by atoms with Crippen LogP contribution < -0.4 is 5.32 Å². The monoisotopic (exact) mass is 375 g/mol. The van der Waals surface area contributed by atoms with Gasteiger partial charge in [0.1, 0.15) is 5.75 Å². The summed E-state index contributed by atoms with van der Waals surface area (Å²) in [5.74, 6) is 0.592. The largest absolute Gasteiger partial charge is 0.507 e. The average Bonchev–Trinajstić information content (AvgIpc) is 2.41. The number of nitrogens with one attached hydrogen (secondary N) is 1. The molecule has 0 aliphatic heterocycles. The maximum atomic E-state index is 12.0. The number of rotatable bonds is 7. The molecule has 1 rings (SSSR count). The van der Waals surface area contributed by atoms with Crippen molar-refractivity contribution in [3.05, 3.63) is 27.3 Å². The van der Waals surface area contributed by atoms with Crippen molar-refractivity contribution in [1.29, 1.82) is 0 Å². The molecule has 1 atom stereocenters. The van der Waals surface area contributed by atoms with Gasteiger partial charge in [-0.25, -0.2) is 0 Å². The second-order valence-electron chi connectivity index (χ2n) is 4.79. The summed E-state index contributed by atoms with van der Waals surface area (Å²) < 4.78 is 0.753. The van der Waals surface area contributed by atoms with Crippen molar-refractivity contribution in [2.75, 3.05) is 6.54 Å². The van der Waals surface area contributed by atoms with Crippen molar-refractivity contribution in [2.24, 2.45) is 5.92 Å². The molecule has 0 bridgehead atoms. The van der Waals surface area contributed by atoms with Gasteiger partial charge in [0.25, 0.3) is 5.91 Å². The van der Waals surface area contributed by atoms with Crippen LogP contribution in [0.25, 0.3) is 0 Å². The fourth-order valence-electron chi connectivity index (χ4n) is 1.94. The Morgan fingerprint density at radius 2 is 2.16 bits per heavy atom. The number of amides is 1. The zero-order valence-corrected chi connectivity index (χ0v) is 13.7. The molecule has 1 amide bonds. The maximum absolute atomic E-state index is 12.0. The number of unbranched alkanes of at least 4 members (excludes halogenated alkanes) is 1. The van der Waals surface area contributed by atoms with E-state index in [0.717, 1.165) is 16.4 Å². The minimum absolute atomic E-state index is 0.110. The zero-order valence-electron chi connectivity index (χ0n) is 11.6. The first-order valence-corrected chi connectivity index (χ1v) is 7.93. The zero-order chi connectivity index (χ0) is 14.3. The number of halogens is 1. The second kappa shape index (κ2) is 8.40. The molecular formula is C15H22INO2. The average molecular weight is 375 g/mol. The van der Waals surface area contributed by atoms with E-state index < -0.39 is 0 Å². The topological polar surface area (TPSA) is 49.3 Å². The van der Waals surface area contributed by atoms with Crippen LogP contribution in [0.4, 0.5) is 0 Å². The lowest BCUT2D eigenvalue weighted by Gasteiger charge is -2.15. The van der Waals surface area contributed by atoms with E-state index in [1.54, 1.807) is 12.1 Å². The summed E-state index contributed by atoms with van der Waals surface area (Å²) in [7, 11) is 0. The normalized spacial score (nSPS) is 12.2. The highest BCUT2D eigenvalue weighted by Crippen LogP contribution is 2.20. The van der Waals surface area contributed by atoms with Gasteiger partial charge in [-0.1, -0.05) is 33.1 Å². The number of carbonyl (C=O) groups excluding carboxylic acids is 1. The lowest BCUT2D eigenvalue weighted by Crippen LogP contribution is -2.29. The smallest absolute Gasteiger partial charge is 0.251 e. The van der Waals surface area contributed by atoms with E-state index in [1.165, 1.54) is 18.9 Å². The number of aromatic hydroxyl groups is 1. The molecule has 0 fully saturated rings. The highest BCUT2D eigenvalue weighted by Gasteiger charge is 2.11. The first kappa shape index (κ1) is 16.3. The predicted molar refractivity (Wildman–Crippen MR) is 86.5 cm³/mol. The Morgan fingerprint density at radius 1 is 1.42 bits per heavy atom. The van der Waals surface area contributed by atoms with E-state index in [4.69, 9.17) is 0 Å². The van der Waals surface area contributed by atoms with Crippen LogP contribution >= 0.6 is 22.6 Å². The van der Waals surface area contributed by atoms with Crippen molar-refractivity contribution >= 4 is 28.5 Å². The fourth-order valence-corrected chi connectivity index (χ4v) is 2.27. The van der Waals surface area contributed by atoms with Crippen LogP contribution in [0, 0.1) is 9.49 Å². The van der Waals surface area contributed by atoms with Gasteiger partial charge >= 0.3 is 0 Å². The lowest BCUT2D eigenvalue weighted by atomic mass is 9.99. The van der Waals surface area contributed by atoms with E-state index in [2.05, 4.69) is 19.2 Å².